The van der Waals surface area contributed by atoms with Gasteiger partial charge in [0.25, 0.3) is 0 Å². The molecule has 0 radical (unpaired) electrons. The fraction of sp³-hybridized carbons (Fsp3) is 0.875. The first-order valence-electron chi connectivity index (χ1n) is 8.28. The Morgan fingerprint density at radius 1 is 1.13 bits per heavy atom. The van der Waals surface area contributed by atoms with Crippen LogP contribution in [0, 0.1) is 11.8 Å². The molecule has 0 aliphatic rings. The predicted octanol–water partition coefficient (Wildman–Crippen LogP) is 0.235. The topological polar surface area (TPSA) is 93.9 Å². The number of nitrogens with one attached hydrogen (secondary N) is 1. The van der Waals surface area contributed by atoms with Gasteiger partial charge in [-0.25, -0.2) is 0 Å². The van der Waals surface area contributed by atoms with Gasteiger partial charge in [-0.15, -0.1) is 0 Å². The quantitative estimate of drug-likeness (QED) is 0.471. The molecule has 0 bridgehead atoms. The molecule has 0 saturated carbocycles. The Hall–Kier alpha value is -1.18. The highest BCUT2D eigenvalue weighted by Gasteiger charge is 2.24. The Labute approximate surface area is 139 Å². The van der Waals surface area contributed by atoms with Gasteiger partial charge in [0, 0.05) is 39.0 Å². The van der Waals surface area contributed by atoms with Crippen LogP contribution in [0.5, 0.6) is 0 Å². The van der Waals surface area contributed by atoms with Gasteiger partial charge < -0.3 is 25.4 Å². The van der Waals surface area contributed by atoms with Gasteiger partial charge in [-0.3, -0.25) is 9.59 Å². The third-order valence-electron chi connectivity index (χ3n) is 3.55. The van der Waals surface area contributed by atoms with Crippen LogP contribution in [0.15, 0.2) is 0 Å². The zero-order valence-electron chi connectivity index (χ0n) is 15.0. The van der Waals surface area contributed by atoms with E-state index in [9.17, 15) is 9.59 Å². The summed E-state index contributed by atoms with van der Waals surface area (Å²) in [5, 5.41) is 2.83. The first-order valence-corrected chi connectivity index (χ1v) is 8.28. The van der Waals surface area contributed by atoms with Crippen molar-refractivity contribution in [3.63, 3.8) is 0 Å². The molecule has 2 amide bonds. The van der Waals surface area contributed by atoms with Crippen molar-refractivity contribution in [2.24, 2.45) is 17.6 Å². The standard InChI is InChI=1S/C16H33N3O4/c1-5-14(16(21)19(3)4)12-13(2)15(20)18-7-9-23-11-10-22-8-6-17/h13-14H,5-12,17H2,1-4H3,(H,18,20). The molecule has 0 fully saturated rings. The maximum absolute atomic E-state index is 12.0. The minimum absolute atomic E-state index is 0.0435. The minimum atomic E-state index is -0.197. The SMILES string of the molecule is CCC(CC(C)C(=O)NCCOCCOCCN)C(=O)N(C)C. The van der Waals surface area contributed by atoms with Crippen LogP contribution in [0.1, 0.15) is 26.7 Å². The summed E-state index contributed by atoms with van der Waals surface area (Å²) in [4.78, 5) is 25.6. The van der Waals surface area contributed by atoms with Crippen LogP contribution >= 0.6 is 0 Å². The zero-order chi connectivity index (χ0) is 17.7. The molecule has 23 heavy (non-hydrogen) atoms. The van der Waals surface area contributed by atoms with Crippen molar-refractivity contribution < 1.29 is 19.1 Å². The lowest BCUT2D eigenvalue weighted by Gasteiger charge is -2.22. The van der Waals surface area contributed by atoms with E-state index in [-0.39, 0.29) is 23.7 Å². The van der Waals surface area contributed by atoms with E-state index in [4.69, 9.17) is 15.2 Å². The maximum atomic E-state index is 12.0. The van der Waals surface area contributed by atoms with Gasteiger partial charge in [-0.2, -0.15) is 0 Å². The molecule has 3 N–H and O–H groups in total. The Balaban J connectivity index is 3.87. The average molecular weight is 331 g/mol. The molecule has 0 heterocycles. The lowest BCUT2D eigenvalue weighted by atomic mass is 9.92. The fourth-order valence-electron chi connectivity index (χ4n) is 2.17. The minimum Gasteiger partial charge on any atom is -0.378 e. The van der Waals surface area contributed by atoms with E-state index >= 15 is 0 Å². The number of hydrogen-bond acceptors (Lipinski definition) is 5. The molecule has 7 nitrogen and oxygen atoms in total. The van der Waals surface area contributed by atoms with Gasteiger partial charge in [0.2, 0.25) is 11.8 Å². The molecule has 0 aromatic carbocycles. The first-order chi connectivity index (χ1) is 10.9. The number of carbonyl (C=O) groups is 2. The van der Waals surface area contributed by atoms with Crippen LogP contribution in [-0.4, -0.2) is 70.3 Å². The summed E-state index contributed by atoms with van der Waals surface area (Å²) in [7, 11) is 3.48. The Morgan fingerprint density at radius 3 is 2.26 bits per heavy atom. The van der Waals surface area contributed by atoms with Crippen molar-refractivity contribution in [2.75, 3.05) is 53.6 Å². The predicted molar refractivity (Wildman–Crippen MR) is 90.0 cm³/mol. The average Bonchev–Trinajstić information content (AvgIpc) is 2.53. The highest BCUT2D eigenvalue weighted by Crippen LogP contribution is 2.17. The molecule has 2 unspecified atom stereocenters. The van der Waals surface area contributed by atoms with Gasteiger partial charge in [-0.1, -0.05) is 13.8 Å². The van der Waals surface area contributed by atoms with Gasteiger partial charge in [-0.05, 0) is 12.8 Å². The van der Waals surface area contributed by atoms with Crippen molar-refractivity contribution in [3.8, 4) is 0 Å². The third kappa shape index (κ3) is 10.3. The first kappa shape index (κ1) is 21.8. The van der Waals surface area contributed by atoms with Crippen LogP contribution < -0.4 is 11.1 Å². The third-order valence-corrected chi connectivity index (χ3v) is 3.55. The number of amides is 2. The molecule has 0 aliphatic heterocycles. The Bertz CT molecular complexity index is 337. The molecule has 136 valence electrons. The summed E-state index contributed by atoms with van der Waals surface area (Å²) >= 11 is 0. The molecule has 0 aromatic heterocycles. The number of nitrogens with zero attached hydrogens (tertiary/aromatic N) is 1. The molecule has 2 atom stereocenters. The molecule has 7 heteroatoms. The Morgan fingerprint density at radius 2 is 1.74 bits per heavy atom. The van der Waals surface area contributed by atoms with E-state index in [1.165, 1.54) is 0 Å². The van der Waals surface area contributed by atoms with Crippen LogP contribution in [0.2, 0.25) is 0 Å². The summed E-state index contributed by atoms with van der Waals surface area (Å²) in [5.41, 5.74) is 5.30. The van der Waals surface area contributed by atoms with Crippen molar-refractivity contribution in [3.05, 3.63) is 0 Å². The van der Waals surface area contributed by atoms with Crippen molar-refractivity contribution >= 4 is 11.8 Å². The largest absolute Gasteiger partial charge is 0.378 e. The smallest absolute Gasteiger partial charge is 0.225 e. The van der Waals surface area contributed by atoms with Crippen molar-refractivity contribution in [1.82, 2.24) is 10.2 Å². The van der Waals surface area contributed by atoms with Crippen LogP contribution in [0.25, 0.3) is 0 Å². The van der Waals surface area contributed by atoms with E-state index in [0.717, 1.165) is 6.42 Å². The molecule has 0 rings (SSSR count). The summed E-state index contributed by atoms with van der Waals surface area (Å²) < 4.78 is 10.5. The summed E-state index contributed by atoms with van der Waals surface area (Å²) in [6.45, 7) is 6.74. The normalized spacial score (nSPS) is 13.4. The van der Waals surface area contributed by atoms with Crippen molar-refractivity contribution in [1.29, 1.82) is 0 Å². The second-order valence-corrected chi connectivity index (χ2v) is 5.78. The second-order valence-electron chi connectivity index (χ2n) is 5.78. The van der Waals surface area contributed by atoms with Crippen LogP contribution in [0.4, 0.5) is 0 Å². The summed E-state index contributed by atoms with van der Waals surface area (Å²) in [6, 6.07) is 0. The number of hydrogen-bond donors (Lipinski definition) is 2. The molecule has 0 spiro atoms. The van der Waals surface area contributed by atoms with Gasteiger partial charge in [0.1, 0.15) is 0 Å². The number of carbonyl (C=O) groups excluding carboxylic acids is 2. The van der Waals surface area contributed by atoms with Gasteiger partial charge in [0.05, 0.1) is 26.4 Å². The van der Waals surface area contributed by atoms with E-state index in [1.54, 1.807) is 19.0 Å². The number of rotatable bonds is 13. The number of ether oxygens (including phenoxy) is 2. The summed E-state index contributed by atoms with van der Waals surface area (Å²) in [6.07, 6.45) is 1.30. The monoisotopic (exact) mass is 331 g/mol. The zero-order valence-corrected chi connectivity index (χ0v) is 15.0. The lowest BCUT2D eigenvalue weighted by Crippen LogP contribution is -2.36. The molecular weight excluding hydrogens is 298 g/mol. The Kier molecular flexibility index (Phi) is 12.6. The van der Waals surface area contributed by atoms with Gasteiger partial charge >= 0.3 is 0 Å². The fourth-order valence-corrected chi connectivity index (χ4v) is 2.17. The van der Waals surface area contributed by atoms with Crippen LogP contribution in [0.3, 0.4) is 0 Å². The molecule has 0 aromatic rings. The number of nitrogens with two attached hydrogens (primary N) is 1. The van der Waals surface area contributed by atoms with Gasteiger partial charge in [0.15, 0.2) is 0 Å². The summed E-state index contributed by atoms with van der Waals surface area (Å²) in [5.74, 6) is -0.274. The van der Waals surface area contributed by atoms with E-state index in [1.807, 2.05) is 13.8 Å². The van der Waals surface area contributed by atoms with Crippen molar-refractivity contribution in [2.45, 2.75) is 26.7 Å². The molecule has 0 saturated heterocycles. The van der Waals surface area contributed by atoms with E-state index in [2.05, 4.69) is 5.32 Å². The highest BCUT2D eigenvalue weighted by atomic mass is 16.5. The van der Waals surface area contributed by atoms with Crippen LogP contribution in [-0.2, 0) is 19.1 Å². The maximum Gasteiger partial charge on any atom is 0.225 e. The second kappa shape index (κ2) is 13.3. The lowest BCUT2D eigenvalue weighted by molar-refractivity contribution is -0.134. The molecular formula is C16H33N3O4. The molecule has 0 aliphatic carbocycles. The van der Waals surface area contributed by atoms with E-state index < -0.39 is 0 Å². The van der Waals surface area contributed by atoms with E-state index in [0.29, 0.717) is 45.9 Å². The highest BCUT2D eigenvalue weighted by molar-refractivity contribution is 5.81.